The summed E-state index contributed by atoms with van der Waals surface area (Å²) in [7, 11) is 1.58. The molecule has 2 saturated heterocycles. The number of aliphatic carboxylic acids is 1. The Balaban J connectivity index is 1.59. The third-order valence-electron chi connectivity index (χ3n) is 5.18. The van der Waals surface area contributed by atoms with Crippen LogP contribution in [0.3, 0.4) is 0 Å². The Morgan fingerprint density at radius 1 is 1.33 bits per heavy atom. The third-order valence-corrected chi connectivity index (χ3v) is 6.56. The van der Waals surface area contributed by atoms with E-state index >= 15 is 0 Å². The van der Waals surface area contributed by atoms with Crippen LogP contribution in [0.2, 0.25) is 0 Å². The van der Waals surface area contributed by atoms with Crippen LogP contribution in [0.1, 0.15) is 37.7 Å². The fourth-order valence-corrected chi connectivity index (χ4v) is 4.94. The number of rotatable bonds is 7. The van der Waals surface area contributed by atoms with E-state index in [1.54, 1.807) is 13.2 Å². The first kappa shape index (κ1) is 22.3. The minimum atomic E-state index is -0.957. The Morgan fingerprint density at radius 2 is 2.10 bits per heavy atom. The number of thioether (sulfide) groups is 1. The van der Waals surface area contributed by atoms with E-state index in [9.17, 15) is 19.5 Å². The second kappa shape index (κ2) is 10.1. The molecule has 1 N–H and O–H groups in total. The van der Waals surface area contributed by atoms with E-state index in [0.29, 0.717) is 40.9 Å². The largest absolute Gasteiger partial charge is 0.496 e. The van der Waals surface area contributed by atoms with Crippen LogP contribution in [0.15, 0.2) is 29.2 Å². The highest BCUT2D eigenvalue weighted by Crippen LogP contribution is 2.34. The number of hydrogen-bond donors (Lipinski definition) is 1. The summed E-state index contributed by atoms with van der Waals surface area (Å²) in [5.41, 5.74) is 0.792. The molecule has 1 atom stereocenters. The maximum atomic E-state index is 12.8. The molecule has 160 valence electrons. The zero-order valence-electron chi connectivity index (χ0n) is 16.7. The number of carbonyl (C=O) groups is 3. The van der Waals surface area contributed by atoms with Gasteiger partial charge in [0.2, 0.25) is 5.91 Å². The highest BCUT2D eigenvalue weighted by molar-refractivity contribution is 8.26. The lowest BCUT2D eigenvalue weighted by atomic mass is 10.0. The van der Waals surface area contributed by atoms with Gasteiger partial charge in [-0.25, -0.2) is 4.79 Å². The molecule has 0 bridgehead atoms. The van der Waals surface area contributed by atoms with Crippen LogP contribution in [-0.2, 0) is 14.4 Å². The van der Waals surface area contributed by atoms with Gasteiger partial charge in [-0.3, -0.25) is 14.5 Å². The molecule has 1 aromatic carbocycles. The lowest BCUT2D eigenvalue weighted by Crippen LogP contribution is -2.48. The van der Waals surface area contributed by atoms with Gasteiger partial charge in [-0.1, -0.05) is 42.2 Å². The SMILES string of the molecule is COc1ccccc1C=C1SC(=S)N(CCCC(=O)N2CCCCC2C(=O)O)C1=O. The van der Waals surface area contributed by atoms with Crippen molar-refractivity contribution >= 4 is 52.2 Å². The van der Waals surface area contributed by atoms with Gasteiger partial charge < -0.3 is 14.7 Å². The molecule has 2 aliphatic rings. The molecule has 2 amide bonds. The Bertz CT molecular complexity index is 886. The molecule has 0 aromatic heterocycles. The summed E-state index contributed by atoms with van der Waals surface area (Å²) in [4.78, 5) is 40.2. The summed E-state index contributed by atoms with van der Waals surface area (Å²) in [5.74, 6) is -0.661. The number of carbonyl (C=O) groups excluding carboxylic acids is 2. The van der Waals surface area contributed by atoms with Gasteiger partial charge in [0.15, 0.2) is 0 Å². The molecule has 0 spiro atoms. The fraction of sp³-hybridized carbons (Fsp3) is 0.429. The second-order valence-electron chi connectivity index (χ2n) is 7.12. The number of thiocarbonyl (C=S) groups is 1. The Morgan fingerprint density at radius 3 is 2.83 bits per heavy atom. The topological polar surface area (TPSA) is 87.2 Å². The molecular weight excluding hydrogens is 424 g/mol. The zero-order valence-corrected chi connectivity index (χ0v) is 18.3. The number of likely N-dealkylation sites (tertiary alicyclic amines) is 1. The van der Waals surface area contributed by atoms with E-state index in [4.69, 9.17) is 17.0 Å². The van der Waals surface area contributed by atoms with Crippen molar-refractivity contribution in [2.45, 2.75) is 38.1 Å². The van der Waals surface area contributed by atoms with E-state index in [-0.39, 0.29) is 18.2 Å². The van der Waals surface area contributed by atoms with Gasteiger partial charge in [0, 0.05) is 25.1 Å². The molecule has 30 heavy (non-hydrogen) atoms. The first-order valence-corrected chi connectivity index (χ1v) is 11.1. The molecule has 7 nitrogen and oxygen atoms in total. The van der Waals surface area contributed by atoms with Crippen molar-refractivity contribution in [2.24, 2.45) is 0 Å². The number of para-hydroxylation sites is 1. The number of carboxylic acid groups (broad SMARTS) is 1. The molecular formula is C21H24N2O5S2. The quantitative estimate of drug-likeness (QED) is 0.506. The minimum absolute atomic E-state index is 0.183. The fourth-order valence-electron chi connectivity index (χ4n) is 3.64. The number of amides is 2. The Kier molecular flexibility index (Phi) is 7.49. The van der Waals surface area contributed by atoms with Crippen molar-refractivity contribution in [1.82, 2.24) is 9.80 Å². The van der Waals surface area contributed by atoms with Crippen LogP contribution < -0.4 is 4.74 Å². The van der Waals surface area contributed by atoms with Gasteiger partial charge in [0.1, 0.15) is 16.1 Å². The molecule has 3 rings (SSSR count). The molecule has 1 unspecified atom stereocenters. The molecule has 0 aliphatic carbocycles. The summed E-state index contributed by atoms with van der Waals surface area (Å²) in [6, 6.07) is 6.66. The predicted molar refractivity (Wildman–Crippen MR) is 119 cm³/mol. The highest BCUT2D eigenvalue weighted by Gasteiger charge is 2.34. The number of hydrogen-bond acceptors (Lipinski definition) is 6. The van der Waals surface area contributed by atoms with Gasteiger partial charge in [-0.2, -0.15) is 0 Å². The first-order chi connectivity index (χ1) is 14.4. The molecule has 2 aliphatic heterocycles. The van der Waals surface area contributed by atoms with Crippen LogP contribution in [0.5, 0.6) is 5.75 Å². The van der Waals surface area contributed by atoms with Crippen molar-refractivity contribution in [3.63, 3.8) is 0 Å². The summed E-state index contributed by atoms with van der Waals surface area (Å²) in [6.45, 7) is 0.795. The van der Waals surface area contributed by atoms with Crippen LogP contribution >= 0.6 is 24.0 Å². The lowest BCUT2D eigenvalue weighted by Gasteiger charge is -2.33. The molecule has 1 aromatic rings. The summed E-state index contributed by atoms with van der Waals surface area (Å²) in [6.07, 6.45) is 4.49. The van der Waals surface area contributed by atoms with Crippen molar-refractivity contribution in [3.8, 4) is 5.75 Å². The average Bonchev–Trinajstić information content (AvgIpc) is 3.01. The minimum Gasteiger partial charge on any atom is -0.496 e. The molecule has 0 saturated carbocycles. The van der Waals surface area contributed by atoms with Crippen LogP contribution in [0, 0.1) is 0 Å². The number of carboxylic acids is 1. The van der Waals surface area contributed by atoms with Crippen LogP contribution in [-0.4, -0.2) is 63.3 Å². The zero-order chi connectivity index (χ0) is 21.7. The van der Waals surface area contributed by atoms with Crippen molar-refractivity contribution in [1.29, 1.82) is 0 Å². The van der Waals surface area contributed by atoms with Crippen molar-refractivity contribution in [2.75, 3.05) is 20.2 Å². The standard InChI is InChI=1S/C21H24N2O5S2/c1-28-16-9-3-2-7-14(16)13-17-19(25)23(21(29)30-17)12-6-10-18(24)22-11-5-4-8-15(22)20(26)27/h2-3,7,9,13,15H,4-6,8,10-12H2,1H3,(H,26,27). The maximum absolute atomic E-state index is 12.8. The van der Waals surface area contributed by atoms with E-state index < -0.39 is 12.0 Å². The number of methoxy groups -OCH3 is 1. The van der Waals surface area contributed by atoms with Crippen molar-refractivity contribution in [3.05, 3.63) is 34.7 Å². The van der Waals surface area contributed by atoms with E-state index in [0.717, 1.165) is 18.4 Å². The summed E-state index contributed by atoms with van der Waals surface area (Å²) in [5, 5.41) is 9.33. The normalized spacial score (nSPS) is 20.7. The van der Waals surface area contributed by atoms with E-state index in [1.807, 2.05) is 24.3 Å². The van der Waals surface area contributed by atoms with E-state index in [2.05, 4.69) is 0 Å². The number of benzene rings is 1. The maximum Gasteiger partial charge on any atom is 0.326 e. The number of piperidine rings is 1. The number of ether oxygens (including phenoxy) is 1. The molecule has 0 radical (unpaired) electrons. The van der Waals surface area contributed by atoms with Gasteiger partial charge in [-0.05, 0) is 37.8 Å². The lowest BCUT2D eigenvalue weighted by molar-refractivity contribution is -0.152. The van der Waals surface area contributed by atoms with Crippen LogP contribution in [0.25, 0.3) is 6.08 Å². The molecule has 2 fully saturated rings. The molecule has 2 heterocycles. The summed E-state index contributed by atoms with van der Waals surface area (Å²) >= 11 is 6.58. The van der Waals surface area contributed by atoms with Gasteiger partial charge in [-0.15, -0.1) is 0 Å². The molecule has 9 heteroatoms. The number of nitrogens with zero attached hydrogens (tertiary/aromatic N) is 2. The van der Waals surface area contributed by atoms with Gasteiger partial charge in [0.05, 0.1) is 12.0 Å². The van der Waals surface area contributed by atoms with E-state index in [1.165, 1.54) is 21.6 Å². The third kappa shape index (κ3) is 5.02. The Labute approximate surface area is 185 Å². The second-order valence-corrected chi connectivity index (χ2v) is 8.79. The van der Waals surface area contributed by atoms with Gasteiger partial charge in [0.25, 0.3) is 5.91 Å². The van der Waals surface area contributed by atoms with Crippen LogP contribution in [0.4, 0.5) is 0 Å². The first-order valence-electron chi connectivity index (χ1n) is 9.83. The smallest absolute Gasteiger partial charge is 0.326 e. The monoisotopic (exact) mass is 448 g/mol. The van der Waals surface area contributed by atoms with Gasteiger partial charge >= 0.3 is 5.97 Å². The highest BCUT2D eigenvalue weighted by atomic mass is 32.2. The Hall–Kier alpha value is -2.39. The average molecular weight is 449 g/mol. The predicted octanol–water partition coefficient (Wildman–Crippen LogP) is 3.14. The van der Waals surface area contributed by atoms with Crippen molar-refractivity contribution < 1.29 is 24.2 Å². The summed E-state index contributed by atoms with van der Waals surface area (Å²) < 4.78 is 5.78.